The number of halogens is 1. The Labute approximate surface area is 145 Å². The van der Waals surface area contributed by atoms with Gasteiger partial charge in [0.05, 0.1) is 16.9 Å². The Morgan fingerprint density at radius 2 is 1.71 bits per heavy atom. The highest BCUT2D eigenvalue weighted by Crippen LogP contribution is 2.20. The Balaban J connectivity index is 1.76. The van der Waals surface area contributed by atoms with Crippen LogP contribution in [0.4, 0.5) is 5.69 Å². The lowest BCUT2D eigenvalue weighted by molar-refractivity contribution is -0.124. The maximum absolute atomic E-state index is 11.8. The molecule has 2 rings (SSSR count). The van der Waals surface area contributed by atoms with Crippen LogP contribution in [0.5, 0.6) is 0 Å². The van der Waals surface area contributed by atoms with Gasteiger partial charge in [-0.25, -0.2) is 5.43 Å². The molecule has 5 nitrogen and oxygen atoms in total. The number of nitrogens with one attached hydrogen (secondary N) is 2. The van der Waals surface area contributed by atoms with E-state index in [-0.39, 0.29) is 24.7 Å². The van der Waals surface area contributed by atoms with Gasteiger partial charge in [-0.3, -0.25) is 9.59 Å². The zero-order valence-corrected chi connectivity index (χ0v) is 14.0. The SMILES string of the molecule is Cc1ccccc1/C=N/NC(=O)CCC(=O)Nc1ccccc1Cl. The fourth-order valence-electron chi connectivity index (χ4n) is 1.96. The largest absolute Gasteiger partial charge is 0.325 e. The second-order valence-corrected chi connectivity index (χ2v) is 5.58. The number of benzene rings is 2. The van der Waals surface area contributed by atoms with Gasteiger partial charge in [-0.2, -0.15) is 5.10 Å². The number of nitrogens with zero attached hydrogens (tertiary/aromatic N) is 1. The first-order valence-electron chi connectivity index (χ1n) is 7.48. The number of amides is 2. The van der Waals surface area contributed by atoms with Crippen molar-refractivity contribution in [3.8, 4) is 0 Å². The molecule has 2 N–H and O–H groups in total. The van der Waals surface area contributed by atoms with E-state index in [1.165, 1.54) is 0 Å². The third-order valence-corrected chi connectivity index (χ3v) is 3.64. The van der Waals surface area contributed by atoms with E-state index in [2.05, 4.69) is 15.8 Å². The van der Waals surface area contributed by atoms with E-state index in [9.17, 15) is 9.59 Å². The van der Waals surface area contributed by atoms with Crippen LogP contribution < -0.4 is 10.7 Å². The van der Waals surface area contributed by atoms with Crippen LogP contribution in [0.2, 0.25) is 5.02 Å². The number of carbonyl (C=O) groups is 2. The van der Waals surface area contributed by atoms with Gasteiger partial charge < -0.3 is 5.32 Å². The molecule has 0 aliphatic heterocycles. The molecule has 0 saturated carbocycles. The molecule has 6 heteroatoms. The molecule has 2 aromatic rings. The Bertz CT molecular complexity index is 759. The van der Waals surface area contributed by atoms with E-state index in [0.29, 0.717) is 10.7 Å². The summed E-state index contributed by atoms with van der Waals surface area (Å²) in [7, 11) is 0. The van der Waals surface area contributed by atoms with E-state index in [1.54, 1.807) is 30.5 Å². The normalized spacial score (nSPS) is 10.6. The fraction of sp³-hybridized carbons (Fsp3) is 0.167. The molecule has 0 aromatic heterocycles. The summed E-state index contributed by atoms with van der Waals surface area (Å²) in [6.07, 6.45) is 1.68. The molecule has 0 aliphatic rings. The summed E-state index contributed by atoms with van der Waals surface area (Å²) in [5.74, 6) is -0.602. The molecule has 2 aromatic carbocycles. The van der Waals surface area contributed by atoms with E-state index >= 15 is 0 Å². The number of aryl methyl sites for hydroxylation is 1. The predicted molar refractivity (Wildman–Crippen MR) is 96.2 cm³/mol. The van der Waals surface area contributed by atoms with Gasteiger partial charge in [0, 0.05) is 12.8 Å². The average Bonchev–Trinajstić information content (AvgIpc) is 2.57. The molecule has 0 fully saturated rings. The van der Waals surface area contributed by atoms with Gasteiger partial charge in [-0.15, -0.1) is 0 Å². The average molecular weight is 344 g/mol. The highest BCUT2D eigenvalue weighted by molar-refractivity contribution is 6.33. The van der Waals surface area contributed by atoms with Gasteiger partial charge >= 0.3 is 0 Å². The molecule has 0 unspecified atom stereocenters. The molecule has 124 valence electrons. The third-order valence-electron chi connectivity index (χ3n) is 3.31. The van der Waals surface area contributed by atoms with Crippen molar-refractivity contribution in [1.29, 1.82) is 0 Å². The zero-order chi connectivity index (χ0) is 17.4. The summed E-state index contributed by atoms with van der Waals surface area (Å²) in [6, 6.07) is 14.6. The summed E-state index contributed by atoms with van der Waals surface area (Å²) in [6.45, 7) is 1.96. The Morgan fingerprint density at radius 3 is 2.46 bits per heavy atom. The minimum absolute atomic E-state index is 0.0431. The van der Waals surface area contributed by atoms with Gasteiger partial charge in [-0.1, -0.05) is 48.0 Å². The van der Waals surface area contributed by atoms with Crippen LogP contribution in [-0.2, 0) is 9.59 Å². The maximum atomic E-state index is 11.8. The van der Waals surface area contributed by atoms with Crippen LogP contribution >= 0.6 is 11.6 Å². The van der Waals surface area contributed by atoms with Crippen molar-refractivity contribution in [2.75, 3.05) is 5.32 Å². The van der Waals surface area contributed by atoms with Crippen molar-refractivity contribution in [3.05, 3.63) is 64.7 Å². The Morgan fingerprint density at radius 1 is 1.04 bits per heavy atom. The fourth-order valence-corrected chi connectivity index (χ4v) is 2.15. The van der Waals surface area contributed by atoms with Gasteiger partial charge in [0.1, 0.15) is 0 Å². The molecule has 0 spiro atoms. The smallest absolute Gasteiger partial charge is 0.240 e. The Kier molecular flexibility index (Phi) is 6.51. The quantitative estimate of drug-likeness (QED) is 0.622. The molecule has 0 aliphatic carbocycles. The van der Waals surface area contributed by atoms with Crippen molar-refractivity contribution in [2.24, 2.45) is 5.10 Å². The molecule has 24 heavy (non-hydrogen) atoms. The maximum Gasteiger partial charge on any atom is 0.240 e. The van der Waals surface area contributed by atoms with E-state index < -0.39 is 0 Å². The third kappa shape index (κ3) is 5.52. The zero-order valence-electron chi connectivity index (χ0n) is 13.3. The van der Waals surface area contributed by atoms with Crippen molar-refractivity contribution in [1.82, 2.24) is 5.43 Å². The molecule has 0 heterocycles. The molecular formula is C18H18ClN3O2. The lowest BCUT2D eigenvalue weighted by atomic mass is 10.1. The second-order valence-electron chi connectivity index (χ2n) is 5.18. The van der Waals surface area contributed by atoms with Gasteiger partial charge in [0.2, 0.25) is 11.8 Å². The van der Waals surface area contributed by atoms with Crippen molar-refractivity contribution < 1.29 is 9.59 Å². The lowest BCUT2D eigenvalue weighted by Gasteiger charge is -2.06. The first-order chi connectivity index (χ1) is 11.6. The summed E-state index contributed by atoms with van der Waals surface area (Å²) in [5, 5.41) is 7.02. The van der Waals surface area contributed by atoms with E-state index in [0.717, 1.165) is 11.1 Å². The lowest BCUT2D eigenvalue weighted by Crippen LogP contribution is -2.20. The van der Waals surface area contributed by atoms with Crippen LogP contribution in [0, 0.1) is 6.92 Å². The molecule has 0 atom stereocenters. The predicted octanol–water partition coefficient (Wildman–Crippen LogP) is 3.52. The summed E-state index contributed by atoms with van der Waals surface area (Å²) >= 11 is 5.96. The van der Waals surface area contributed by atoms with Gasteiger partial charge in [0.15, 0.2) is 0 Å². The standard InChI is InChI=1S/C18H18ClN3O2/c1-13-6-2-3-7-14(13)12-20-22-18(24)11-10-17(23)21-16-9-5-4-8-15(16)19/h2-9,12H,10-11H2,1H3,(H,21,23)(H,22,24)/b20-12+. The first-order valence-corrected chi connectivity index (χ1v) is 7.86. The topological polar surface area (TPSA) is 70.6 Å². The highest BCUT2D eigenvalue weighted by Gasteiger charge is 2.08. The monoisotopic (exact) mass is 343 g/mol. The first kappa shape index (κ1) is 17.7. The van der Waals surface area contributed by atoms with Gasteiger partial charge in [0.25, 0.3) is 0 Å². The van der Waals surface area contributed by atoms with Crippen LogP contribution in [0.25, 0.3) is 0 Å². The molecule has 0 radical (unpaired) electrons. The summed E-state index contributed by atoms with van der Waals surface area (Å²) in [4.78, 5) is 23.5. The Hall–Kier alpha value is -2.66. The second kappa shape index (κ2) is 8.84. The number of hydrazone groups is 1. The summed E-state index contributed by atoms with van der Waals surface area (Å²) < 4.78 is 0. The van der Waals surface area contributed by atoms with E-state index in [1.807, 2.05) is 31.2 Å². The number of carbonyl (C=O) groups excluding carboxylic acids is 2. The van der Waals surface area contributed by atoms with Crippen LogP contribution in [0.1, 0.15) is 24.0 Å². The van der Waals surface area contributed by atoms with Crippen LogP contribution in [-0.4, -0.2) is 18.0 Å². The van der Waals surface area contributed by atoms with Crippen LogP contribution in [0.3, 0.4) is 0 Å². The van der Waals surface area contributed by atoms with Crippen LogP contribution in [0.15, 0.2) is 53.6 Å². The minimum Gasteiger partial charge on any atom is -0.325 e. The highest BCUT2D eigenvalue weighted by atomic mass is 35.5. The molecule has 0 bridgehead atoms. The van der Waals surface area contributed by atoms with Crippen molar-refractivity contribution in [3.63, 3.8) is 0 Å². The number of para-hydroxylation sites is 1. The van der Waals surface area contributed by atoms with Gasteiger partial charge in [-0.05, 0) is 30.2 Å². The number of hydrogen-bond acceptors (Lipinski definition) is 3. The molecular weight excluding hydrogens is 326 g/mol. The number of rotatable bonds is 6. The van der Waals surface area contributed by atoms with Crippen molar-refractivity contribution in [2.45, 2.75) is 19.8 Å². The number of hydrogen-bond donors (Lipinski definition) is 2. The minimum atomic E-state index is -0.325. The number of anilines is 1. The van der Waals surface area contributed by atoms with Crippen molar-refractivity contribution >= 4 is 35.3 Å². The summed E-state index contributed by atoms with van der Waals surface area (Å²) in [5.41, 5.74) is 4.93. The molecule has 2 amide bonds. The van der Waals surface area contributed by atoms with E-state index in [4.69, 9.17) is 11.6 Å². The molecule has 0 saturated heterocycles.